The Hall–Kier alpha value is 0.690. The Labute approximate surface area is 299 Å². The monoisotopic (exact) mass is 711 g/mol. The first-order valence-electron chi connectivity index (χ1n) is 20.2. The summed E-state index contributed by atoms with van der Waals surface area (Å²) in [6, 6.07) is 0. The fraction of sp³-hybridized carbons (Fsp3) is 1.00. The van der Waals surface area contributed by atoms with Gasteiger partial charge in [-0.25, -0.2) is 0 Å². The molecule has 0 radical (unpaired) electrons. The molecule has 0 aromatic heterocycles. The molecular formula is C40H88BrClN2. The van der Waals surface area contributed by atoms with Crippen LogP contribution in [0.25, 0.3) is 0 Å². The van der Waals surface area contributed by atoms with Crippen LogP contribution in [0.5, 0.6) is 0 Å². The maximum atomic E-state index is 2.33. The highest BCUT2D eigenvalue weighted by atomic mass is 79.9. The van der Waals surface area contributed by atoms with Crippen molar-refractivity contribution in [1.29, 1.82) is 0 Å². The van der Waals surface area contributed by atoms with Crippen molar-refractivity contribution >= 4 is 0 Å². The third-order valence-corrected chi connectivity index (χ3v) is 9.89. The van der Waals surface area contributed by atoms with Crippen LogP contribution in [0.1, 0.15) is 209 Å². The third-order valence-electron chi connectivity index (χ3n) is 9.89. The summed E-state index contributed by atoms with van der Waals surface area (Å²) in [6.45, 7) is 30.3. The summed E-state index contributed by atoms with van der Waals surface area (Å²) in [5.41, 5.74) is 0. The fourth-order valence-corrected chi connectivity index (χ4v) is 6.92. The summed E-state index contributed by atoms with van der Waals surface area (Å²) in [5, 5.41) is 0. The topological polar surface area (TPSA) is 0 Å². The van der Waals surface area contributed by atoms with E-state index in [1.165, 1.54) is 215 Å². The van der Waals surface area contributed by atoms with Gasteiger partial charge in [-0.05, 0) is 103 Å². The van der Waals surface area contributed by atoms with E-state index >= 15 is 0 Å². The predicted octanol–water partition coefficient (Wildman–Crippen LogP) is 7.14. The predicted molar refractivity (Wildman–Crippen MR) is 196 cm³/mol. The summed E-state index contributed by atoms with van der Waals surface area (Å²) in [4.78, 5) is 0. The lowest BCUT2D eigenvalue weighted by atomic mass is 10.1. The van der Waals surface area contributed by atoms with Crippen LogP contribution in [0, 0.1) is 0 Å². The van der Waals surface area contributed by atoms with Crippen LogP contribution in [-0.4, -0.2) is 61.3 Å². The van der Waals surface area contributed by atoms with E-state index in [0.29, 0.717) is 0 Å². The van der Waals surface area contributed by atoms with E-state index in [2.05, 4.69) is 55.4 Å². The molecule has 0 saturated heterocycles. The summed E-state index contributed by atoms with van der Waals surface area (Å²) >= 11 is 0. The van der Waals surface area contributed by atoms with Crippen molar-refractivity contribution < 1.29 is 38.4 Å². The SMILES string of the molecule is CCCCC[N+](CCCCC)(CCCCC)CCCCC.CCCCC[N+](CCCCC)(CCCCC)CCCCC.[Br-].[Cl-]. The largest absolute Gasteiger partial charge is 1.00 e. The normalized spacial score (nSPS) is 11.5. The van der Waals surface area contributed by atoms with E-state index in [1.807, 2.05) is 0 Å². The average molecular weight is 713 g/mol. The van der Waals surface area contributed by atoms with E-state index in [9.17, 15) is 0 Å². The van der Waals surface area contributed by atoms with Gasteiger partial charge in [-0.3, -0.25) is 0 Å². The number of nitrogens with zero attached hydrogens (tertiary/aromatic N) is 2. The molecule has 0 rings (SSSR count). The molecule has 0 aromatic carbocycles. The molecule has 0 heterocycles. The first-order chi connectivity index (χ1) is 20.5. The number of quaternary nitrogens is 2. The first-order valence-corrected chi connectivity index (χ1v) is 20.2. The van der Waals surface area contributed by atoms with Gasteiger partial charge in [-0.1, -0.05) is 107 Å². The second-order valence-electron chi connectivity index (χ2n) is 14.1. The summed E-state index contributed by atoms with van der Waals surface area (Å²) in [5.74, 6) is 0. The molecule has 0 spiro atoms. The highest BCUT2D eigenvalue weighted by molar-refractivity contribution is 4.53. The molecule has 0 amide bonds. The molecule has 44 heavy (non-hydrogen) atoms. The number of rotatable bonds is 32. The lowest BCUT2D eigenvalue weighted by Crippen LogP contribution is -3.00. The van der Waals surface area contributed by atoms with E-state index in [1.54, 1.807) is 0 Å². The van der Waals surface area contributed by atoms with Gasteiger partial charge in [-0.15, -0.1) is 0 Å². The van der Waals surface area contributed by atoms with Crippen molar-refractivity contribution in [2.75, 3.05) is 52.4 Å². The van der Waals surface area contributed by atoms with Crippen LogP contribution in [0.2, 0.25) is 0 Å². The van der Waals surface area contributed by atoms with Gasteiger partial charge in [0.25, 0.3) is 0 Å². The van der Waals surface area contributed by atoms with Gasteiger partial charge in [0.2, 0.25) is 0 Å². The van der Waals surface area contributed by atoms with Gasteiger partial charge in [0, 0.05) is 0 Å². The molecule has 0 bridgehead atoms. The van der Waals surface area contributed by atoms with Crippen LogP contribution in [-0.2, 0) is 0 Å². The van der Waals surface area contributed by atoms with E-state index < -0.39 is 0 Å². The van der Waals surface area contributed by atoms with Gasteiger partial charge in [0.05, 0.1) is 52.4 Å². The van der Waals surface area contributed by atoms with Crippen molar-refractivity contribution in [2.24, 2.45) is 0 Å². The maximum absolute atomic E-state index is 2.33. The molecule has 272 valence electrons. The first kappa shape index (κ1) is 51.5. The molecule has 0 aliphatic carbocycles. The molecule has 0 fully saturated rings. The van der Waals surface area contributed by atoms with Gasteiger partial charge < -0.3 is 38.4 Å². The Balaban J connectivity index is -0.000000348. The van der Waals surface area contributed by atoms with E-state index in [-0.39, 0.29) is 29.4 Å². The smallest absolute Gasteiger partial charge is 0.0786 e. The van der Waals surface area contributed by atoms with E-state index in [0.717, 1.165) is 0 Å². The number of unbranched alkanes of at least 4 members (excludes halogenated alkanes) is 16. The second-order valence-corrected chi connectivity index (χ2v) is 14.1. The molecule has 0 aliphatic heterocycles. The van der Waals surface area contributed by atoms with Gasteiger partial charge in [0.1, 0.15) is 0 Å². The minimum Gasteiger partial charge on any atom is -1.00 e. The van der Waals surface area contributed by atoms with Crippen molar-refractivity contribution in [1.82, 2.24) is 0 Å². The number of hydrogen-bond acceptors (Lipinski definition) is 0. The number of hydrogen-bond donors (Lipinski definition) is 0. The fourth-order valence-electron chi connectivity index (χ4n) is 6.92. The summed E-state index contributed by atoms with van der Waals surface area (Å²) < 4.78 is 2.89. The maximum Gasteiger partial charge on any atom is 0.0786 e. The van der Waals surface area contributed by atoms with Crippen LogP contribution in [0.3, 0.4) is 0 Å². The Bertz CT molecular complexity index is 367. The van der Waals surface area contributed by atoms with Crippen molar-refractivity contribution in [3.63, 3.8) is 0 Å². The van der Waals surface area contributed by atoms with Gasteiger partial charge >= 0.3 is 0 Å². The standard InChI is InChI=1S/2C20H44N.BrH.ClH/c2*1-5-9-13-17-21(18-14-10-6-2,19-15-11-7-3)20-16-12-8-4;;/h2*5-20H2,1-4H3;2*1H/q2*+1;;/p-2. The van der Waals surface area contributed by atoms with Crippen LogP contribution < -0.4 is 29.4 Å². The molecule has 0 saturated carbocycles. The molecule has 0 atom stereocenters. The zero-order valence-corrected chi connectivity index (χ0v) is 34.6. The van der Waals surface area contributed by atoms with Crippen molar-refractivity contribution in [2.45, 2.75) is 209 Å². The lowest BCUT2D eigenvalue weighted by Gasteiger charge is -2.39. The molecule has 0 aromatic rings. The minimum absolute atomic E-state index is 0. The molecular weight excluding hydrogens is 624 g/mol. The third kappa shape index (κ3) is 31.3. The Morgan fingerprint density at radius 2 is 0.341 bits per heavy atom. The summed E-state index contributed by atoms with van der Waals surface area (Å²) in [6.07, 6.45) is 33.8. The second kappa shape index (κ2) is 39.9. The molecule has 0 N–H and O–H groups in total. The lowest BCUT2D eigenvalue weighted by molar-refractivity contribution is -0.929. The van der Waals surface area contributed by atoms with Crippen LogP contribution in [0.15, 0.2) is 0 Å². The molecule has 4 heteroatoms. The van der Waals surface area contributed by atoms with E-state index in [4.69, 9.17) is 0 Å². The van der Waals surface area contributed by atoms with Crippen LogP contribution in [0.4, 0.5) is 0 Å². The Morgan fingerprint density at radius 1 is 0.227 bits per heavy atom. The van der Waals surface area contributed by atoms with Crippen molar-refractivity contribution in [3.05, 3.63) is 0 Å². The highest BCUT2D eigenvalue weighted by Crippen LogP contribution is 2.20. The quantitative estimate of drug-likeness (QED) is 0.0515. The Kier molecular flexibility index (Phi) is 46.7. The van der Waals surface area contributed by atoms with Crippen LogP contribution >= 0.6 is 0 Å². The summed E-state index contributed by atoms with van der Waals surface area (Å²) in [7, 11) is 0. The molecule has 2 nitrogen and oxygen atoms in total. The average Bonchev–Trinajstić information content (AvgIpc) is 2.98. The highest BCUT2D eigenvalue weighted by Gasteiger charge is 2.26. The Morgan fingerprint density at radius 3 is 0.432 bits per heavy atom. The molecule has 0 unspecified atom stereocenters. The van der Waals surface area contributed by atoms with Crippen molar-refractivity contribution in [3.8, 4) is 0 Å². The number of halogens is 2. The minimum atomic E-state index is 0. The molecule has 0 aliphatic rings. The zero-order valence-electron chi connectivity index (χ0n) is 32.3. The van der Waals surface area contributed by atoms with Gasteiger partial charge in [0.15, 0.2) is 0 Å². The van der Waals surface area contributed by atoms with Gasteiger partial charge in [-0.2, -0.15) is 0 Å². The zero-order chi connectivity index (χ0) is 31.6.